The second-order valence-electron chi connectivity index (χ2n) is 3.63. The van der Waals surface area contributed by atoms with Gasteiger partial charge in [0.05, 0.1) is 0 Å². The van der Waals surface area contributed by atoms with Crippen molar-refractivity contribution in [2.24, 2.45) is 0 Å². The van der Waals surface area contributed by atoms with E-state index in [4.69, 9.17) is 0 Å². The van der Waals surface area contributed by atoms with E-state index in [-0.39, 0.29) is 8.41 Å². The van der Waals surface area contributed by atoms with E-state index < -0.39 is 0 Å². The summed E-state index contributed by atoms with van der Waals surface area (Å²) in [5.74, 6) is 0. The van der Waals surface area contributed by atoms with Gasteiger partial charge in [-0.15, -0.1) is 0 Å². The van der Waals surface area contributed by atoms with Crippen LogP contribution in [0.25, 0.3) is 0 Å². The summed E-state index contributed by atoms with van der Waals surface area (Å²) >= 11 is 2.42. The molecular weight excluding hydrogens is 337 g/mol. The molecule has 1 atom stereocenters. The van der Waals surface area contributed by atoms with Crippen LogP contribution < -0.4 is 5.30 Å². The summed E-state index contributed by atoms with van der Waals surface area (Å²) in [7, 11) is 0.923. The van der Waals surface area contributed by atoms with Crippen LogP contribution in [0.4, 0.5) is 0 Å². The fraction of sp³-hybridized carbons (Fsp3) is 0.143. The Morgan fingerprint density at radius 3 is 2.24 bits per heavy atom. The lowest BCUT2D eigenvalue weighted by Gasteiger charge is -2.04. The molecule has 0 spiro atoms. The van der Waals surface area contributed by atoms with Gasteiger partial charge in [0.15, 0.2) is 0 Å². The SMILES string of the molecule is Ic1ccccc1CCPc1ccccc1.[B]. The normalized spacial score (nSPS) is 10.4. The summed E-state index contributed by atoms with van der Waals surface area (Å²) in [6, 6.07) is 19.4. The molecule has 0 nitrogen and oxygen atoms in total. The Labute approximate surface area is 121 Å². The number of hydrogen-bond acceptors (Lipinski definition) is 0. The molecule has 2 rings (SSSR count). The maximum Gasteiger partial charge on any atom is 0.0162 e. The zero-order valence-corrected chi connectivity index (χ0v) is 12.7. The fourth-order valence-corrected chi connectivity index (χ4v) is 3.37. The Bertz CT molecular complexity index is 445. The molecule has 85 valence electrons. The standard InChI is InChI=1S/C14H14IP.B/c15-14-9-5-4-6-12(14)10-11-16-13-7-2-1-3-8-13;/h1-9,16H,10-11H2;. The van der Waals surface area contributed by atoms with E-state index in [0.717, 1.165) is 8.58 Å². The van der Waals surface area contributed by atoms with Crippen LogP contribution in [0.1, 0.15) is 5.56 Å². The van der Waals surface area contributed by atoms with E-state index >= 15 is 0 Å². The summed E-state index contributed by atoms with van der Waals surface area (Å²) < 4.78 is 1.39. The minimum atomic E-state index is 0. The quantitative estimate of drug-likeness (QED) is 0.450. The largest absolute Gasteiger partial charge is 0.0901 e. The molecule has 2 aromatic carbocycles. The van der Waals surface area contributed by atoms with Gasteiger partial charge in [-0.2, -0.15) is 0 Å². The Balaban J connectivity index is 0.00000144. The van der Waals surface area contributed by atoms with Gasteiger partial charge < -0.3 is 0 Å². The van der Waals surface area contributed by atoms with E-state index in [9.17, 15) is 0 Å². The smallest absolute Gasteiger partial charge is 0.0162 e. The molecule has 3 heteroatoms. The third kappa shape index (κ3) is 4.81. The van der Waals surface area contributed by atoms with Crippen molar-refractivity contribution in [1.82, 2.24) is 0 Å². The van der Waals surface area contributed by atoms with E-state index in [1.807, 2.05) is 0 Å². The van der Waals surface area contributed by atoms with Gasteiger partial charge in [-0.25, -0.2) is 0 Å². The maximum atomic E-state index is 2.42. The number of rotatable bonds is 4. The molecule has 0 aliphatic rings. The molecule has 0 aliphatic heterocycles. The van der Waals surface area contributed by atoms with Crippen LogP contribution in [-0.4, -0.2) is 14.6 Å². The lowest BCUT2D eigenvalue weighted by Crippen LogP contribution is -1.97. The first-order valence-electron chi connectivity index (χ1n) is 5.38. The van der Waals surface area contributed by atoms with Crippen LogP contribution >= 0.6 is 31.2 Å². The molecule has 0 saturated carbocycles. The minimum Gasteiger partial charge on any atom is -0.0901 e. The van der Waals surface area contributed by atoms with Gasteiger partial charge in [-0.1, -0.05) is 57.1 Å². The molecule has 0 saturated heterocycles. The monoisotopic (exact) mass is 351 g/mol. The first-order chi connectivity index (χ1) is 7.86. The zero-order chi connectivity index (χ0) is 11.2. The molecule has 0 fully saturated rings. The molecule has 1 unspecified atom stereocenters. The van der Waals surface area contributed by atoms with E-state index in [1.165, 1.54) is 27.0 Å². The van der Waals surface area contributed by atoms with Crippen LogP contribution in [0.3, 0.4) is 0 Å². The highest BCUT2D eigenvalue weighted by Gasteiger charge is 1.98. The number of halogens is 1. The molecular formula is C14H14BIP. The van der Waals surface area contributed by atoms with Crippen LogP contribution in [-0.2, 0) is 6.42 Å². The summed E-state index contributed by atoms with van der Waals surface area (Å²) in [6.45, 7) is 0. The lowest BCUT2D eigenvalue weighted by atomic mass is 10.2. The van der Waals surface area contributed by atoms with Crippen molar-refractivity contribution < 1.29 is 0 Å². The predicted molar refractivity (Wildman–Crippen MR) is 87.9 cm³/mol. The molecule has 0 aromatic heterocycles. The van der Waals surface area contributed by atoms with Crippen molar-refractivity contribution in [2.75, 3.05) is 6.16 Å². The summed E-state index contributed by atoms with van der Waals surface area (Å²) in [6.07, 6.45) is 2.44. The highest BCUT2D eigenvalue weighted by molar-refractivity contribution is 14.1. The molecule has 0 N–H and O–H groups in total. The topological polar surface area (TPSA) is 0 Å². The first kappa shape index (κ1) is 14.7. The van der Waals surface area contributed by atoms with Crippen LogP contribution in [0.15, 0.2) is 54.6 Å². The maximum absolute atomic E-state index is 2.42. The first-order valence-corrected chi connectivity index (χ1v) is 7.67. The van der Waals surface area contributed by atoms with Crippen molar-refractivity contribution >= 4 is 44.9 Å². The molecule has 0 amide bonds. The van der Waals surface area contributed by atoms with E-state index in [2.05, 4.69) is 77.2 Å². The fourth-order valence-electron chi connectivity index (χ4n) is 1.60. The van der Waals surface area contributed by atoms with Gasteiger partial charge in [0.1, 0.15) is 0 Å². The third-order valence-electron chi connectivity index (χ3n) is 2.46. The summed E-state index contributed by atoms with van der Waals surface area (Å²) in [5.41, 5.74) is 1.48. The Kier molecular flexibility index (Phi) is 6.83. The van der Waals surface area contributed by atoms with Crippen molar-refractivity contribution in [3.8, 4) is 0 Å². The molecule has 0 heterocycles. The van der Waals surface area contributed by atoms with Gasteiger partial charge in [0, 0.05) is 12.0 Å². The average Bonchev–Trinajstić information content (AvgIpc) is 2.33. The second kappa shape index (κ2) is 7.89. The van der Waals surface area contributed by atoms with Crippen molar-refractivity contribution in [2.45, 2.75) is 6.42 Å². The van der Waals surface area contributed by atoms with Crippen molar-refractivity contribution in [3.63, 3.8) is 0 Å². The average molecular weight is 351 g/mol. The van der Waals surface area contributed by atoms with E-state index in [0.29, 0.717) is 0 Å². The van der Waals surface area contributed by atoms with E-state index in [1.54, 1.807) is 0 Å². The van der Waals surface area contributed by atoms with Crippen LogP contribution in [0.2, 0.25) is 0 Å². The van der Waals surface area contributed by atoms with Crippen molar-refractivity contribution in [1.29, 1.82) is 0 Å². The second-order valence-corrected chi connectivity index (χ2v) is 6.23. The highest BCUT2D eigenvalue weighted by Crippen LogP contribution is 2.17. The summed E-state index contributed by atoms with van der Waals surface area (Å²) in [4.78, 5) is 0. The molecule has 3 radical (unpaired) electrons. The molecule has 2 aromatic rings. The highest BCUT2D eigenvalue weighted by atomic mass is 127. The molecule has 0 bridgehead atoms. The number of benzene rings is 2. The molecule has 17 heavy (non-hydrogen) atoms. The Hall–Kier alpha value is -0.335. The van der Waals surface area contributed by atoms with Crippen molar-refractivity contribution in [3.05, 3.63) is 63.7 Å². The summed E-state index contributed by atoms with van der Waals surface area (Å²) in [5, 5.41) is 1.47. The minimum absolute atomic E-state index is 0. The zero-order valence-electron chi connectivity index (χ0n) is 9.57. The number of hydrogen-bond donors (Lipinski definition) is 0. The van der Waals surface area contributed by atoms with Gasteiger partial charge in [-0.3, -0.25) is 0 Å². The third-order valence-corrected chi connectivity index (χ3v) is 4.75. The van der Waals surface area contributed by atoms with Crippen LogP contribution in [0.5, 0.6) is 0 Å². The molecule has 0 aliphatic carbocycles. The van der Waals surface area contributed by atoms with Gasteiger partial charge in [-0.05, 0) is 52.1 Å². The Morgan fingerprint density at radius 1 is 0.882 bits per heavy atom. The van der Waals surface area contributed by atoms with Gasteiger partial charge in [0.2, 0.25) is 0 Å². The lowest BCUT2D eigenvalue weighted by molar-refractivity contribution is 1.14. The Morgan fingerprint density at radius 2 is 1.53 bits per heavy atom. The van der Waals surface area contributed by atoms with Gasteiger partial charge >= 0.3 is 0 Å². The predicted octanol–water partition coefficient (Wildman–Crippen LogP) is 3.46. The number of aryl methyl sites for hydroxylation is 1. The van der Waals surface area contributed by atoms with Gasteiger partial charge in [0.25, 0.3) is 0 Å². The van der Waals surface area contributed by atoms with Crippen LogP contribution in [0, 0.1) is 3.57 Å².